The summed E-state index contributed by atoms with van der Waals surface area (Å²) in [5.41, 5.74) is 3.65. The fourth-order valence-corrected chi connectivity index (χ4v) is 3.77. The number of carboxylic acid groups (broad SMARTS) is 1. The van der Waals surface area contributed by atoms with Gasteiger partial charge in [0.05, 0.1) is 18.6 Å². The van der Waals surface area contributed by atoms with Gasteiger partial charge in [-0.1, -0.05) is 36.4 Å². The number of halogens is 2. The van der Waals surface area contributed by atoms with Crippen LogP contribution in [0.4, 0.5) is 4.39 Å². The van der Waals surface area contributed by atoms with E-state index in [1.54, 1.807) is 24.3 Å². The van der Waals surface area contributed by atoms with Gasteiger partial charge in [0.2, 0.25) is 0 Å². The first-order valence-electron chi connectivity index (χ1n) is 9.93. The summed E-state index contributed by atoms with van der Waals surface area (Å²) in [6, 6.07) is 14.4. The number of hydrogen-bond donors (Lipinski definition) is 3. The van der Waals surface area contributed by atoms with Gasteiger partial charge in [-0.3, -0.25) is 4.79 Å². The Bertz CT molecular complexity index is 1060. The van der Waals surface area contributed by atoms with Gasteiger partial charge >= 0.3 is 5.97 Å². The number of carboxylic acids is 1. The first-order valence-corrected chi connectivity index (χ1v) is 9.93. The van der Waals surface area contributed by atoms with E-state index in [4.69, 9.17) is 5.11 Å². The molecule has 0 radical (unpaired) electrons. The van der Waals surface area contributed by atoms with Crippen molar-refractivity contribution in [1.29, 1.82) is 0 Å². The molecule has 2 unspecified atom stereocenters. The second kappa shape index (κ2) is 10.6. The van der Waals surface area contributed by atoms with E-state index in [1.165, 1.54) is 12.1 Å². The number of hydrogen-bond acceptors (Lipinski definition) is 3. The van der Waals surface area contributed by atoms with Gasteiger partial charge in [-0.05, 0) is 43.7 Å². The Labute approximate surface area is 186 Å². The highest BCUT2D eigenvalue weighted by molar-refractivity contribution is 6.01. The molecule has 0 spiro atoms. The van der Waals surface area contributed by atoms with Gasteiger partial charge in [-0.2, -0.15) is 0 Å². The van der Waals surface area contributed by atoms with E-state index in [0.29, 0.717) is 0 Å². The average Bonchev–Trinajstić information content (AvgIpc) is 3.00. The number of aliphatic hydroxyl groups excluding tert-OH is 2. The van der Waals surface area contributed by atoms with Crippen molar-refractivity contribution in [3.63, 3.8) is 0 Å². The molecule has 1 heterocycles. The van der Waals surface area contributed by atoms with Crippen LogP contribution in [0.2, 0.25) is 0 Å². The number of aliphatic hydroxyl groups is 2. The summed E-state index contributed by atoms with van der Waals surface area (Å²) in [5.74, 6) is -1.43. The Hall–Kier alpha value is -2.67. The number of aliphatic carboxylic acids is 1. The number of carbonyl (C=O) groups is 1. The molecule has 3 N–H and O–H groups in total. The van der Waals surface area contributed by atoms with Gasteiger partial charge in [0.15, 0.2) is 0 Å². The quantitative estimate of drug-likeness (QED) is 0.451. The fraction of sp³-hybridized carbons (Fsp3) is 0.292. The smallest absolute Gasteiger partial charge is 0.305 e. The zero-order chi connectivity index (χ0) is 21.8. The van der Waals surface area contributed by atoms with Gasteiger partial charge in [-0.15, -0.1) is 12.4 Å². The molecule has 2 aromatic carbocycles. The van der Waals surface area contributed by atoms with Crippen molar-refractivity contribution < 1.29 is 24.5 Å². The molecule has 3 aromatic rings. The third kappa shape index (κ3) is 5.73. The van der Waals surface area contributed by atoms with Crippen molar-refractivity contribution in [2.24, 2.45) is 0 Å². The molecule has 0 aliphatic carbocycles. The summed E-state index contributed by atoms with van der Waals surface area (Å²) >= 11 is 0. The van der Waals surface area contributed by atoms with E-state index in [2.05, 4.69) is 18.4 Å². The van der Waals surface area contributed by atoms with Crippen molar-refractivity contribution in [2.75, 3.05) is 0 Å². The SMILES string of the molecule is CC(C)n1c(/C=C/C(O)CC(O)CC(=O)O)c(-c2ccc(F)cc2)c2ccccc21.Cl. The van der Waals surface area contributed by atoms with Gasteiger partial charge in [0.25, 0.3) is 0 Å². The molecule has 166 valence electrons. The summed E-state index contributed by atoms with van der Waals surface area (Å²) < 4.78 is 15.6. The van der Waals surface area contributed by atoms with E-state index in [0.717, 1.165) is 27.7 Å². The second-order valence-electron chi connectivity index (χ2n) is 7.66. The van der Waals surface area contributed by atoms with Crippen LogP contribution in [-0.2, 0) is 4.79 Å². The summed E-state index contributed by atoms with van der Waals surface area (Å²) in [6.07, 6.45) is 0.727. The normalized spacial score (nSPS) is 13.5. The Morgan fingerprint density at radius 2 is 1.74 bits per heavy atom. The first-order chi connectivity index (χ1) is 14.3. The maximum Gasteiger partial charge on any atom is 0.305 e. The zero-order valence-corrected chi connectivity index (χ0v) is 18.2. The molecule has 7 heteroatoms. The molecule has 5 nitrogen and oxygen atoms in total. The van der Waals surface area contributed by atoms with E-state index < -0.39 is 24.6 Å². The van der Waals surface area contributed by atoms with Gasteiger partial charge < -0.3 is 19.9 Å². The lowest BCUT2D eigenvalue weighted by Gasteiger charge is -2.15. The lowest BCUT2D eigenvalue weighted by atomic mass is 10.0. The van der Waals surface area contributed by atoms with Crippen LogP contribution >= 0.6 is 12.4 Å². The van der Waals surface area contributed by atoms with Gasteiger partial charge in [0.1, 0.15) is 5.82 Å². The van der Waals surface area contributed by atoms with Gasteiger partial charge in [0, 0.05) is 34.6 Å². The topological polar surface area (TPSA) is 82.7 Å². The molecule has 0 amide bonds. The third-order valence-electron chi connectivity index (χ3n) is 5.00. The minimum Gasteiger partial charge on any atom is -0.481 e. The lowest BCUT2D eigenvalue weighted by Crippen LogP contribution is -2.19. The van der Waals surface area contributed by atoms with Crippen LogP contribution in [0.3, 0.4) is 0 Å². The van der Waals surface area contributed by atoms with Crippen LogP contribution in [-0.4, -0.2) is 38.1 Å². The van der Waals surface area contributed by atoms with Crippen LogP contribution in [0.1, 0.15) is 38.4 Å². The summed E-state index contributed by atoms with van der Waals surface area (Å²) in [6.45, 7) is 4.12. The summed E-state index contributed by atoms with van der Waals surface area (Å²) in [5, 5.41) is 29.9. The number of nitrogens with zero attached hydrogens (tertiary/aromatic N) is 1. The average molecular weight is 448 g/mol. The number of benzene rings is 2. The van der Waals surface area contributed by atoms with E-state index in [9.17, 15) is 19.4 Å². The minimum absolute atomic E-state index is 0. The molecular weight excluding hydrogens is 421 g/mol. The lowest BCUT2D eigenvalue weighted by molar-refractivity contribution is -0.139. The molecule has 0 aliphatic rings. The fourth-order valence-electron chi connectivity index (χ4n) is 3.77. The maximum absolute atomic E-state index is 13.5. The number of rotatable bonds is 8. The predicted octanol–water partition coefficient (Wildman–Crippen LogP) is 5.05. The summed E-state index contributed by atoms with van der Waals surface area (Å²) in [4.78, 5) is 10.7. The molecule has 0 bridgehead atoms. The van der Waals surface area contributed by atoms with E-state index >= 15 is 0 Å². The highest BCUT2D eigenvalue weighted by Crippen LogP contribution is 2.38. The van der Waals surface area contributed by atoms with E-state index in [-0.39, 0.29) is 30.7 Å². The first kappa shape index (κ1) is 24.6. The molecular formula is C24H27ClFNO4. The molecule has 31 heavy (non-hydrogen) atoms. The monoisotopic (exact) mass is 447 g/mol. The van der Waals surface area contributed by atoms with Crippen LogP contribution in [0.15, 0.2) is 54.6 Å². The molecule has 3 rings (SSSR count). The third-order valence-corrected chi connectivity index (χ3v) is 5.00. The number of aromatic nitrogens is 1. The predicted molar refractivity (Wildman–Crippen MR) is 123 cm³/mol. The van der Waals surface area contributed by atoms with Crippen molar-refractivity contribution >= 4 is 35.4 Å². The van der Waals surface area contributed by atoms with Crippen molar-refractivity contribution in [1.82, 2.24) is 4.57 Å². The Balaban J connectivity index is 0.00000341. The Morgan fingerprint density at radius 3 is 2.35 bits per heavy atom. The molecule has 0 aliphatic heterocycles. The zero-order valence-electron chi connectivity index (χ0n) is 17.4. The largest absolute Gasteiger partial charge is 0.481 e. The number of fused-ring (bicyclic) bond motifs is 1. The van der Waals surface area contributed by atoms with Crippen LogP contribution in [0.5, 0.6) is 0 Å². The molecule has 0 saturated heterocycles. The van der Waals surface area contributed by atoms with Crippen LogP contribution in [0, 0.1) is 5.82 Å². The molecule has 0 saturated carbocycles. The standard InChI is InChI=1S/C24H26FNO4.ClH/c1-15(2)26-21-6-4-3-5-20(21)24(16-7-9-17(25)10-8-16)22(26)12-11-18(27)13-19(28)14-23(29)30;/h3-12,15,18-19,27-28H,13-14H2,1-2H3,(H,29,30);1H/b12-11+;. The minimum atomic E-state index is -1.13. The van der Waals surface area contributed by atoms with Gasteiger partial charge in [-0.25, -0.2) is 4.39 Å². The van der Waals surface area contributed by atoms with Crippen molar-refractivity contribution in [2.45, 2.75) is 44.9 Å². The molecule has 1 aromatic heterocycles. The van der Waals surface area contributed by atoms with E-state index in [1.807, 2.05) is 24.3 Å². The molecule has 2 atom stereocenters. The maximum atomic E-state index is 13.5. The second-order valence-corrected chi connectivity index (χ2v) is 7.66. The molecule has 0 fully saturated rings. The summed E-state index contributed by atoms with van der Waals surface area (Å²) in [7, 11) is 0. The number of para-hydroxylation sites is 1. The van der Waals surface area contributed by atoms with Crippen LogP contribution < -0.4 is 0 Å². The highest BCUT2D eigenvalue weighted by atomic mass is 35.5. The van der Waals surface area contributed by atoms with Crippen molar-refractivity contribution in [3.05, 3.63) is 66.1 Å². The Morgan fingerprint density at radius 1 is 1.10 bits per heavy atom. The van der Waals surface area contributed by atoms with Crippen molar-refractivity contribution in [3.8, 4) is 11.1 Å². The Kier molecular flexibility index (Phi) is 8.39. The highest BCUT2D eigenvalue weighted by Gasteiger charge is 2.19. The van der Waals surface area contributed by atoms with Crippen LogP contribution in [0.25, 0.3) is 28.1 Å².